The van der Waals surface area contributed by atoms with Crippen LogP contribution in [0.3, 0.4) is 0 Å². The second kappa shape index (κ2) is 6.69. The summed E-state index contributed by atoms with van der Waals surface area (Å²) in [5, 5.41) is 2.45. The van der Waals surface area contributed by atoms with Gasteiger partial charge in [0, 0.05) is 17.8 Å². The maximum atomic E-state index is 13.3. The summed E-state index contributed by atoms with van der Waals surface area (Å²) in [6.07, 6.45) is 0. The number of carbonyl (C=O) groups excluding carboxylic acids is 1. The van der Waals surface area contributed by atoms with E-state index in [1.807, 2.05) is 0 Å². The Morgan fingerprint density at radius 1 is 1.14 bits per heavy atom. The summed E-state index contributed by atoms with van der Waals surface area (Å²) in [7, 11) is 0. The highest BCUT2D eigenvalue weighted by Gasteiger charge is 2.07. The zero-order valence-corrected chi connectivity index (χ0v) is 11.1. The van der Waals surface area contributed by atoms with Crippen molar-refractivity contribution in [1.29, 1.82) is 0 Å². The minimum Gasteiger partial charge on any atom is -0.484 e. The molecule has 3 N–H and O–H groups in total. The van der Waals surface area contributed by atoms with Crippen molar-refractivity contribution in [3.05, 3.63) is 59.7 Å². The Morgan fingerprint density at radius 3 is 2.57 bits per heavy atom. The van der Waals surface area contributed by atoms with Gasteiger partial charge >= 0.3 is 0 Å². The molecule has 0 unspecified atom stereocenters. The van der Waals surface area contributed by atoms with Crippen molar-refractivity contribution in [2.75, 3.05) is 12.3 Å². The van der Waals surface area contributed by atoms with Crippen LogP contribution in [-0.4, -0.2) is 12.5 Å². The van der Waals surface area contributed by atoms with E-state index >= 15 is 0 Å². The molecule has 0 radical (unpaired) electrons. The molecule has 110 valence electrons. The van der Waals surface area contributed by atoms with Crippen molar-refractivity contribution in [3.8, 4) is 5.75 Å². The summed E-state index contributed by atoms with van der Waals surface area (Å²) >= 11 is 0. The molecule has 0 saturated heterocycles. The summed E-state index contributed by atoms with van der Waals surface area (Å²) < 4.78 is 31.5. The van der Waals surface area contributed by atoms with E-state index in [0.29, 0.717) is 11.4 Å². The number of nitrogens with two attached hydrogens (primary N) is 1. The van der Waals surface area contributed by atoms with Crippen LogP contribution in [0, 0.1) is 11.6 Å². The Bertz CT molecular complexity index is 630. The van der Waals surface area contributed by atoms with Crippen LogP contribution in [0.2, 0.25) is 0 Å². The van der Waals surface area contributed by atoms with Gasteiger partial charge in [0.05, 0.1) is 0 Å². The number of anilines is 1. The Morgan fingerprint density at radius 2 is 1.86 bits per heavy atom. The Hall–Kier alpha value is -2.63. The predicted molar refractivity (Wildman–Crippen MR) is 74.6 cm³/mol. The number of nitrogen functional groups attached to an aromatic ring is 1. The fraction of sp³-hybridized carbons (Fsp3) is 0.133. The van der Waals surface area contributed by atoms with E-state index in [1.165, 1.54) is 0 Å². The highest BCUT2D eigenvalue weighted by molar-refractivity contribution is 5.77. The highest BCUT2D eigenvalue weighted by Crippen LogP contribution is 2.13. The first-order chi connectivity index (χ1) is 10.0. The van der Waals surface area contributed by atoms with Crippen LogP contribution in [-0.2, 0) is 11.3 Å². The quantitative estimate of drug-likeness (QED) is 0.831. The molecule has 0 aliphatic heterocycles. The second-order valence-corrected chi connectivity index (χ2v) is 4.37. The molecule has 0 aliphatic carbocycles. The largest absolute Gasteiger partial charge is 0.484 e. The standard InChI is InChI=1S/C15H14F2N2O2/c16-11-1-6-14(17)10(7-11)8-19-15(20)9-21-13-4-2-12(18)3-5-13/h1-7H,8-9,18H2,(H,19,20). The average molecular weight is 292 g/mol. The van der Waals surface area contributed by atoms with E-state index in [1.54, 1.807) is 24.3 Å². The molecular formula is C15H14F2N2O2. The van der Waals surface area contributed by atoms with Crippen LogP contribution >= 0.6 is 0 Å². The van der Waals surface area contributed by atoms with Gasteiger partial charge in [-0.2, -0.15) is 0 Å². The third-order valence-electron chi connectivity index (χ3n) is 2.73. The summed E-state index contributed by atoms with van der Waals surface area (Å²) in [5.41, 5.74) is 6.19. The van der Waals surface area contributed by atoms with E-state index in [9.17, 15) is 13.6 Å². The summed E-state index contributed by atoms with van der Waals surface area (Å²) in [6.45, 7) is -0.325. The van der Waals surface area contributed by atoms with Crippen LogP contribution in [0.4, 0.5) is 14.5 Å². The third kappa shape index (κ3) is 4.45. The number of benzene rings is 2. The maximum Gasteiger partial charge on any atom is 0.258 e. The van der Waals surface area contributed by atoms with E-state index in [4.69, 9.17) is 10.5 Å². The van der Waals surface area contributed by atoms with Gasteiger partial charge in [0.25, 0.3) is 5.91 Å². The molecule has 0 atom stereocenters. The number of halogens is 2. The molecule has 21 heavy (non-hydrogen) atoms. The SMILES string of the molecule is Nc1ccc(OCC(=O)NCc2cc(F)ccc2F)cc1. The Balaban J connectivity index is 1.82. The topological polar surface area (TPSA) is 64.3 Å². The summed E-state index contributed by atoms with van der Waals surface area (Å²) in [5.74, 6) is -1.07. The van der Waals surface area contributed by atoms with Gasteiger partial charge in [0.15, 0.2) is 6.61 Å². The van der Waals surface area contributed by atoms with Gasteiger partial charge in [-0.25, -0.2) is 8.78 Å². The van der Waals surface area contributed by atoms with Crippen LogP contribution < -0.4 is 15.8 Å². The zero-order chi connectivity index (χ0) is 15.2. The van der Waals surface area contributed by atoms with Gasteiger partial charge in [0.1, 0.15) is 17.4 Å². The molecule has 0 heterocycles. The fourth-order valence-corrected chi connectivity index (χ4v) is 1.64. The lowest BCUT2D eigenvalue weighted by Crippen LogP contribution is -2.28. The van der Waals surface area contributed by atoms with Crippen LogP contribution in [0.15, 0.2) is 42.5 Å². The first kappa shape index (κ1) is 14.8. The smallest absolute Gasteiger partial charge is 0.258 e. The van der Waals surface area contributed by atoms with E-state index < -0.39 is 17.5 Å². The number of ether oxygens (including phenoxy) is 1. The molecule has 4 nitrogen and oxygen atoms in total. The molecule has 0 aromatic heterocycles. The van der Waals surface area contributed by atoms with Gasteiger partial charge in [-0.3, -0.25) is 4.79 Å². The lowest BCUT2D eigenvalue weighted by atomic mass is 10.2. The monoisotopic (exact) mass is 292 g/mol. The van der Waals surface area contributed by atoms with E-state index in [-0.39, 0.29) is 18.7 Å². The molecule has 0 aliphatic rings. The van der Waals surface area contributed by atoms with Crippen LogP contribution in [0.25, 0.3) is 0 Å². The molecule has 2 rings (SSSR count). The molecule has 0 bridgehead atoms. The zero-order valence-electron chi connectivity index (χ0n) is 11.1. The van der Waals surface area contributed by atoms with E-state index in [2.05, 4.69) is 5.32 Å². The first-order valence-corrected chi connectivity index (χ1v) is 6.23. The highest BCUT2D eigenvalue weighted by atomic mass is 19.1. The minimum atomic E-state index is -0.573. The molecule has 0 spiro atoms. The molecule has 2 aromatic rings. The molecule has 6 heteroatoms. The summed E-state index contributed by atoms with van der Waals surface area (Å²) in [4.78, 5) is 11.6. The van der Waals surface area contributed by atoms with Gasteiger partial charge in [-0.15, -0.1) is 0 Å². The maximum absolute atomic E-state index is 13.3. The van der Waals surface area contributed by atoms with Crippen molar-refractivity contribution in [2.24, 2.45) is 0 Å². The minimum absolute atomic E-state index is 0.0795. The van der Waals surface area contributed by atoms with Crippen LogP contribution in [0.5, 0.6) is 5.75 Å². The Kier molecular flexibility index (Phi) is 4.71. The predicted octanol–water partition coefficient (Wildman–Crippen LogP) is 2.24. The molecule has 0 fully saturated rings. The summed E-state index contributed by atoms with van der Waals surface area (Å²) in [6, 6.07) is 9.64. The van der Waals surface area contributed by atoms with Crippen LogP contribution in [0.1, 0.15) is 5.56 Å². The van der Waals surface area contributed by atoms with E-state index in [0.717, 1.165) is 18.2 Å². The second-order valence-electron chi connectivity index (χ2n) is 4.37. The van der Waals surface area contributed by atoms with Gasteiger partial charge in [-0.1, -0.05) is 0 Å². The first-order valence-electron chi connectivity index (χ1n) is 6.23. The molecular weight excluding hydrogens is 278 g/mol. The van der Waals surface area contributed by atoms with Gasteiger partial charge < -0.3 is 15.8 Å². The average Bonchev–Trinajstić information content (AvgIpc) is 2.47. The van der Waals surface area contributed by atoms with Gasteiger partial charge in [-0.05, 0) is 42.5 Å². The number of rotatable bonds is 5. The van der Waals surface area contributed by atoms with Crippen molar-refractivity contribution < 1.29 is 18.3 Å². The lowest BCUT2D eigenvalue weighted by molar-refractivity contribution is -0.123. The number of nitrogens with one attached hydrogen (secondary N) is 1. The number of amides is 1. The van der Waals surface area contributed by atoms with Crippen molar-refractivity contribution in [3.63, 3.8) is 0 Å². The number of hydrogen-bond donors (Lipinski definition) is 2. The fourth-order valence-electron chi connectivity index (χ4n) is 1.64. The Labute approximate surface area is 120 Å². The third-order valence-corrected chi connectivity index (χ3v) is 2.73. The molecule has 2 aromatic carbocycles. The van der Waals surface area contributed by atoms with Gasteiger partial charge in [0.2, 0.25) is 0 Å². The normalized spacial score (nSPS) is 10.2. The number of carbonyl (C=O) groups is 1. The van der Waals surface area contributed by atoms with Crippen molar-refractivity contribution in [1.82, 2.24) is 5.32 Å². The molecule has 1 amide bonds. The van der Waals surface area contributed by atoms with Crippen molar-refractivity contribution >= 4 is 11.6 Å². The molecule has 0 saturated carbocycles. The number of hydrogen-bond acceptors (Lipinski definition) is 3. The lowest BCUT2D eigenvalue weighted by Gasteiger charge is -2.08. The van der Waals surface area contributed by atoms with Crippen molar-refractivity contribution in [2.45, 2.75) is 6.54 Å².